The molecule has 1 saturated carbocycles. The normalized spacial score (nSPS) is 22.7. The Bertz CT molecular complexity index is 591. The maximum atomic E-state index is 12.4. The lowest BCUT2D eigenvalue weighted by molar-refractivity contribution is -0.136. The maximum Gasteiger partial charge on any atom is 0.223 e. The first kappa shape index (κ1) is 16.8. The molecule has 6 heteroatoms. The Kier molecular flexibility index (Phi) is 5.15. The number of nitrogens with zero attached hydrogens (tertiary/aromatic N) is 4. The zero-order chi connectivity index (χ0) is 17.1. The molecule has 0 radical (unpaired) electrons. The summed E-state index contributed by atoms with van der Waals surface area (Å²) in [5, 5.41) is 0. The van der Waals surface area contributed by atoms with Crippen LogP contribution >= 0.6 is 0 Å². The summed E-state index contributed by atoms with van der Waals surface area (Å²) >= 11 is 0. The number of rotatable bonds is 4. The smallest absolute Gasteiger partial charge is 0.223 e. The number of aromatic nitrogens is 2. The van der Waals surface area contributed by atoms with Crippen LogP contribution in [0.5, 0.6) is 0 Å². The van der Waals surface area contributed by atoms with Gasteiger partial charge in [0.15, 0.2) is 0 Å². The zero-order valence-corrected chi connectivity index (χ0v) is 14.9. The minimum atomic E-state index is 0.302. The summed E-state index contributed by atoms with van der Waals surface area (Å²) in [6.45, 7) is 4.85. The van der Waals surface area contributed by atoms with Crippen molar-refractivity contribution in [3.05, 3.63) is 18.1 Å². The molecule has 0 spiro atoms. The van der Waals surface area contributed by atoms with Gasteiger partial charge in [-0.05, 0) is 31.6 Å². The van der Waals surface area contributed by atoms with E-state index in [4.69, 9.17) is 4.74 Å². The molecule has 0 unspecified atom stereocenters. The molecule has 2 saturated heterocycles. The summed E-state index contributed by atoms with van der Waals surface area (Å²) in [7, 11) is 0. The van der Waals surface area contributed by atoms with E-state index in [1.54, 1.807) is 6.33 Å². The van der Waals surface area contributed by atoms with Crippen LogP contribution in [0.1, 0.15) is 50.1 Å². The summed E-state index contributed by atoms with van der Waals surface area (Å²) in [6, 6.07) is 2.18. The fourth-order valence-corrected chi connectivity index (χ4v) is 4.02. The van der Waals surface area contributed by atoms with E-state index in [-0.39, 0.29) is 0 Å². The van der Waals surface area contributed by atoms with Gasteiger partial charge in [0.2, 0.25) is 5.91 Å². The zero-order valence-electron chi connectivity index (χ0n) is 14.9. The van der Waals surface area contributed by atoms with E-state index in [9.17, 15) is 4.79 Å². The molecule has 1 aromatic heterocycles. The van der Waals surface area contributed by atoms with E-state index in [0.29, 0.717) is 37.4 Å². The number of hydrogen-bond acceptors (Lipinski definition) is 5. The minimum Gasteiger partial charge on any atom is -0.378 e. The first-order valence-electron chi connectivity index (χ1n) is 9.72. The fourth-order valence-electron chi connectivity index (χ4n) is 4.02. The number of ether oxygens (including phenoxy) is 1. The number of carbonyl (C=O) groups is 1. The highest BCUT2D eigenvalue weighted by Gasteiger charge is 2.26. The lowest BCUT2D eigenvalue weighted by Crippen LogP contribution is -2.42. The van der Waals surface area contributed by atoms with Crippen molar-refractivity contribution >= 4 is 11.7 Å². The summed E-state index contributed by atoms with van der Waals surface area (Å²) < 4.78 is 5.33. The van der Waals surface area contributed by atoms with Crippen molar-refractivity contribution in [2.75, 3.05) is 44.3 Å². The van der Waals surface area contributed by atoms with E-state index < -0.39 is 0 Å². The molecule has 136 valence electrons. The molecule has 0 aromatic carbocycles. The minimum absolute atomic E-state index is 0.302. The molecule has 1 aromatic rings. The average molecular weight is 344 g/mol. The number of anilines is 1. The fraction of sp³-hybridized carbons (Fsp3) is 0.737. The molecule has 25 heavy (non-hydrogen) atoms. The molecule has 3 fully saturated rings. The van der Waals surface area contributed by atoms with Crippen LogP contribution in [-0.4, -0.2) is 60.2 Å². The van der Waals surface area contributed by atoms with Crippen molar-refractivity contribution in [1.82, 2.24) is 14.9 Å². The molecular formula is C19H28N4O2. The second kappa shape index (κ2) is 7.68. The number of piperidine rings is 1. The van der Waals surface area contributed by atoms with E-state index in [1.165, 1.54) is 25.0 Å². The van der Waals surface area contributed by atoms with Crippen molar-refractivity contribution in [3.8, 4) is 0 Å². The highest BCUT2D eigenvalue weighted by molar-refractivity contribution is 5.76. The molecule has 2 aliphatic heterocycles. The third-order valence-electron chi connectivity index (χ3n) is 5.96. The average Bonchev–Trinajstić information content (AvgIpc) is 2.62. The Hall–Kier alpha value is -1.69. The van der Waals surface area contributed by atoms with Gasteiger partial charge in [0, 0.05) is 50.3 Å². The van der Waals surface area contributed by atoms with Crippen LogP contribution in [0.15, 0.2) is 12.4 Å². The second-order valence-electron chi connectivity index (χ2n) is 7.56. The Morgan fingerprint density at radius 3 is 2.52 bits per heavy atom. The molecule has 3 heterocycles. The summed E-state index contributed by atoms with van der Waals surface area (Å²) in [6.07, 6.45) is 8.40. The van der Waals surface area contributed by atoms with Crippen molar-refractivity contribution in [2.45, 2.75) is 44.4 Å². The van der Waals surface area contributed by atoms with Gasteiger partial charge in [-0.25, -0.2) is 9.97 Å². The van der Waals surface area contributed by atoms with Crippen LogP contribution in [-0.2, 0) is 9.53 Å². The molecule has 3 aliphatic rings. The van der Waals surface area contributed by atoms with Crippen LogP contribution < -0.4 is 4.90 Å². The first-order chi connectivity index (χ1) is 12.3. The van der Waals surface area contributed by atoms with Gasteiger partial charge in [-0.1, -0.05) is 6.42 Å². The van der Waals surface area contributed by atoms with Crippen LogP contribution in [0.25, 0.3) is 0 Å². The van der Waals surface area contributed by atoms with Gasteiger partial charge in [0.25, 0.3) is 0 Å². The molecule has 0 bridgehead atoms. The molecule has 0 N–H and O–H groups in total. The number of morpholine rings is 1. The van der Waals surface area contributed by atoms with Crippen molar-refractivity contribution < 1.29 is 9.53 Å². The number of hydrogen-bond donors (Lipinski definition) is 0. The second-order valence-corrected chi connectivity index (χ2v) is 7.56. The van der Waals surface area contributed by atoms with E-state index >= 15 is 0 Å². The number of carbonyl (C=O) groups excluding carboxylic acids is 1. The maximum absolute atomic E-state index is 12.4. The van der Waals surface area contributed by atoms with Crippen molar-refractivity contribution in [2.24, 2.45) is 5.92 Å². The Morgan fingerprint density at radius 1 is 1.08 bits per heavy atom. The van der Waals surface area contributed by atoms with Gasteiger partial charge in [0.1, 0.15) is 12.1 Å². The quantitative estimate of drug-likeness (QED) is 0.838. The van der Waals surface area contributed by atoms with Gasteiger partial charge in [0.05, 0.1) is 13.2 Å². The van der Waals surface area contributed by atoms with Gasteiger partial charge < -0.3 is 14.5 Å². The number of amides is 1. The van der Waals surface area contributed by atoms with Crippen LogP contribution in [0.4, 0.5) is 5.82 Å². The molecule has 1 amide bonds. The predicted molar refractivity (Wildman–Crippen MR) is 95.6 cm³/mol. The van der Waals surface area contributed by atoms with E-state index in [1.807, 2.05) is 4.90 Å². The molecule has 1 aliphatic carbocycles. The molecule has 6 nitrogen and oxygen atoms in total. The summed E-state index contributed by atoms with van der Waals surface area (Å²) in [4.78, 5) is 25.7. The Morgan fingerprint density at radius 2 is 1.84 bits per heavy atom. The topological polar surface area (TPSA) is 58.6 Å². The summed E-state index contributed by atoms with van der Waals surface area (Å²) in [5.41, 5.74) is 1.21. The van der Waals surface area contributed by atoms with E-state index in [0.717, 1.165) is 44.8 Å². The van der Waals surface area contributed by atoms with Gasteiger partial charge in [-0.2, -0.15) is 0 Å². The van der Waals surface area contributed by atoms with E-state index in [2.05, 4.69) is 20.9 Å². The first-order valence-corrected chi connectivity index (χ1v) is 9.72. The lowest BCUT2D eigenvalue weighted by Gasteiger charge is -2.34. The predicted octanol–water partition coefficient (Wildman–Crippen LogP) is 2.21. The standard InChI is InChI=1S/C19H28N4O2/c24-19(23-8-10-25-11-9-23)12-15-4-6-22(7-5-15)18-13-17(20-14-21-18)16-2-1-3-16/h13-16H,1-12H2. The Labute approximate surface area is 149 Å². The molecule has 4 rings (SSSR count). The van der Waals surface area contributed by atoms with Crippen LogP contribution in [0, 0.1) is 5.92 Å². The summed E-state index contributed by atoms with van der Waals surface area (Å²) in [5.74, 6) is 2.51. The SMILES string of the molecule is O=C(CC1CCN(c2cc(C3CCC3)ncn2)CC1)N1CCOCC1. The lowest BCUT2D eigenvalue weighted by atomic mass is 9.83. The monoisotopic (exact) mass is 344 g/mol. The van der Waals surface area contributed by atoms with Gasteiger partial charge >= 0.3 is 0 Å². The molecule has 0 atom stereocenters. The Balaban J connectivity index is 1.28. The van der Waals surface area contributed by atoms with Gasteiger partial charge in [-0.15, -0.1) is 0 Å². The third-order valence-corrected chi connectivity index (χ3v) is 5.96. The highest BCUT2D eigenvalue weighted by atomic mass is 16.5. The van der Waals surface area contributed by atoms with Gasteiger partial charge in [-0.3, -0.25) is 4.79 Å². The highest BCUT2D eigenvalue weighted by Crippen LogP contribution is 2.36. The van der Waals surface area contributed by atoms with Crippen molar-refractivity contribution in [3.63, 3.8) is 0 Å². The third kappa shape index (κ3) is 3.94. The van der Waals surface area contributed by atoms with Crippen LogP contribution in [0.3, 0.4) is 0 Å². The van der Waals surface area contributed by atoms with Crippen molar-refractivity contribution in [1.29, 1.82) is 0 Å². The van der Waals surface area contributed by atoms with Crippen LogP contribution in [0.2, 0.25) is 0 Å². The largest absolute Gasteiger partial charge is 0.378 e. The molecular weight excluding hydrogens is 316 g/mol.